The zero-order valence-corrected chi connectivity index (χ0v) is 13.3. The molecule has 0 saturated carbocycles. The topological polar surface area (TPSA) is 63.8 Å². The number of para-hydroxylation sites is 1. The first-order chi connectivity index (χ1) is 9.93. The minimum atomic E-state index is 0.0626. The highest BCUT2D eigenvalue weighted by molar-refractivity contribution is 5.67. The van der Waals surface area contributed by atoms with Crippen LogP contribution in [0.5, 0.6) is 0 Å². The Kier molecular flexibility index (Phi) is 4.46. The van der Waals surface area contributed by atoms with Crippen molar-refractivity contribution < 1.29 is 0 Å². The van der Waals surface area contributed by atoms with Gasteiger partial charge in [0.2, 0.25) is 0 Å². The summed E-state index contributed by atoms with van der Waals surface area (Å²) in [7, 11) is 0. The third kappa shape index (κ3) is 3.51. The van der Waals surface area contributed by atoms with Crippen LogP contribution in [0.25, 0.3) is 0 Å². The SMILES string of the molecule is CCCc1c(N)ncnc1Nc1ccccc1C(C)(C)C. The lowest BCUT2D eigenvalue weighted by Crippen LogP contribution is -2.14. The standard InChI is InChI=1S/C17H24N4/c1-5-8-12-15(18)19-11-20-16(12)21-14-10-7-6-9-13(14)17(2,3)4/h6-7,9-11H,5,8H2,1-4H3,(H3,18,19,20,21). The van der Waals surface area contributed by atoms with Gasteiger partial charge in [-0.1, -0.05) is 52.3 Å². The summed E-state index contributed by atoms with van der Waals surface area (Å²) in [5, 5.41) is 3.44. The van der Waals surface area contributed by atoms with Gasteiger partial charge in [-0.25, -0.2) is 9.97 Å². The molecule has 21 heavy (non-hydrogen) atoms. The summed E-state index contributed by atoms with van der Waals surface area (Å²) < 4.78 is 0. The molecule has 1 aromatic heterocycles. The number of nitrogens with two attached hydrogens (primary N) is 1. The summed E-state index contributed by atoms with van der Waals surface area (Å²) in [6.45, 7) is 8.73. The first kappa shape index (κ1) is 15.3. The monoisotopic (exact) mass is 284 g/mol. The Morgan fingerprint density at radius 1 is 1.14 bits per heavy atom. The maximum absolute atomic E-state index is 5.99. The molecule has 0 unspecified atom stereocenters. The van der Waals surface area contributed by atoms with Crippen LogP contribution in [0.2, 0.25) is 0 Å². The Hall–Kier alpha value is -2.10. The summed E-state index contributed by atoms with van der Waals surface area (Å²) in [5.41, 5.74) is 9.37. The quantitative estimate of drug-likeness (QED) is 0.889. The molecule has 0 spiro atoms. The number of benzene rings is 1. The molecule has 0 bridgehead atoms. The lowest BCUT2D eigenvalue weighted by Gasteiger charge is -2.23. The lowest BCUT2D eigenvalue weighted by atomic mass is 9.86. The fraction of sp³-hybridized carbons (Fsp3) is 0.412. The molecule has 0 aliphatic carbocycles. The third-order valence-electron chi connectivity index (χ3n) is 3.47. The van der Waals surface area contributed by atoms with Gasteiger partial charge in [0.25, 0.3) is 0 Å². The molecule has 0 atom stereocenters. The maximum Gasteiger partial charge on any atom is 0.139 e. The maximum atomic E-state index is 5.99. The van der Waals surface area contributed by atoms with Crippen LogP contribution in [-0.2, 0) is 11.8 Å². The number of nitrogens with one attached hydrogen (secondary N) is 1. The average molecular weight is 284 g/mol. The summed E-state index contributed by atoms with van der Waals surface area (Å²) in [6.07, 6.45) is 3.39. The number of rotatable bonds is 4. The van der Waals surface area contributed by atoms with E-state index in [0.717, 1.165) is 29.9 Å². The molecule has 2 aromatic rings. The van der Waals surface area contributed by atoms with Crippen molar-refractivity contribution >= 4 is 17.3 Å². The van der Waals surface area contributed by atoms with Crippen LogP contribution < -0.4 is 11.1 Å². The molecule has 112 valence electrons. The van der Waals surface area contributed by atoms with Crippen LogP contribution in [0.3, 0.4) is 0 Å². The van der Waals surface area contributed by atoms with Crippen molar-refractivity contribution in [2.24, 2.45) is 0 Å². The molecule has 0 fully saturated rings. The van der Waals surface area contributed by atoms with Crippen molar-refractivity contribution in [1.29, 1.82) is 0 Å². The van der Waals surface area contributed by atoms with Gasteiger partial charge in [-0.15, -0.1) is 0 Å². The van der Waals surface area contributed by atoms with E-state index in [1.54, 1.807) is 0 Å². The van der Waals surface area contributed by atoms with E-state index in [0.29, 0.717) is 5.82 Å². The van der Waals surface area contributed by atoms with E-state index in [2.05, 4.69) is 61.2 Å². The van der Waals surface area contributed by atoms with Crippen molar-refractivity contribution in [2.45, 2.75) is 46.0 Å². The van der Waals surface area contributed by atoms with Crippen molar-refractivity contribution in [3.8, 4) is 0 Å². The normalized spacial score (nSPS) is 11.4. The van der Waals surface area contributed by atoms with E-state index in [1.807, 2.05) is 6.07 Å². The molecule has 4 nitrogen and oxygen atoms in total. The van der Waals surface area contributed by atoms with Crippen molar-refractivity contribution in [2.75, 3.05) is 11.1 Å². The summed E-state index contributed by atoms with van der Waals surface area (Å²) in [5.74, 6) is 1.36. The van der Waals surface area contributed by atoms with Crippen LogP contribution in [0.1, 0.15) is 45.2 Å². The molecule has 1 aromatic carbocycles. The highest BCUT2D eigenvalue weighted by atomic mass is 15.0. The van der Waals surface area contributed by atoms with Crippen molar-refractivity contribution in [1.82, 2.24) is 9.97 Å². The number of aromatic nitrogens is 2. The highest BCUT2D eigenvalue weighted by Crippen LogP contribution is 2.32. The van der Waals surface area contributed by atoms with E-state index >= 15 is 0 Å². The minimum Gasteiger partial charge on any atom is -0.383 e. The molecular formula is C17H24N4. The van der Waals surface area contributed by atoms with Gasteiger partial charge in [0.15, 0.2) is 0 Å². The Bertz CT molecular complexity index is 614. The summed E-state index contributed by atoms with van der Waals surface area (Å²) in [4.78, 5) is 8.47. The minimum absolute atomic E-state index is 0.0626. The number of hydrogen-bond acceptors (Lipinski definition) is 4. The van der Waals surface area contributed by atoms with E-state index in [4.69, 9.17) is 5.73 Å². The Balaban J connectivity index is 2.42. The second-order valence-corrected chi connectivity index (χ2v) is 6.26. The molecule has 0 saturated heterocycles. The Labute approximate surface area is 126 Å². The molecule has 4 heteroatoms. The molecule has 2 rings (SSSR count). The molecule has 0 aliphatic heterocycles. The second-order valence-electron chi connectivity index (χ2n) is 6.26. The molecular weight excluding hydrogens is 260 g/mol. The van der Waals surface area contributed by atoms with E-state index in [-0.39, 0.29) is 5.41 Å². The van der Waals surface area contributed by atoms with Gasteiger partial charge < -0.3 is 11.1 Å². The predicted molar refractivity (Wildman–Crippen MR) is 88.9 cm³/mol. The molecule has 1 heterocycles. The number of nitrogens with zero attached hydrogens (tertiary/aromatic N) is 2. The fourth-order valence-electron chi connectivity index (χ4n) is 2.40. The van der Waals surface area contributed by atoms with Gasteiger partial charge in [-0.05, 0) is 23.5 Å². The number of anilines is 3. The lowest BCUT2D eigenvalue weighted by molar-refractivity contribution is 0.592. The van der Waals surface area contributed by atoms with Gasteiger partial charge in [-0.3, -0.25) is 0 Å². The van der Waals surface area contributed by atoms with Gasteiger partial charge in [0.05, 0.1) is 0 Å². The van der Waals surface area contributed by atoms with Crippen LogP contribution in [0.4, 0.5) is 17.3 Å². The highest BCUT2D eigenvalue weighted by Gasteiger charge is 2.18. The average Bonchev–Trinajstić information content (AvgIpc) is 2.42. The van der Waals surface area contributed by atoms with Gasteiger partial charge in [0, 0.05) is 11.3 Å². The number of nitrogen functional groups attached to an aromatic ring is 1. The molecule has 3 N–H and O–H groups in total. The predicted octanol–water partition coefficient (Wildman–Crippen LogP) is 4.05. The first-order valence-corrected chi connectivity index (χ1v) is 7.39. The largest absolute Gasteiger partial charge is 0.383 e. The van der Waals surface area contributed by atoms with Crippen LogP contribution in [-0.4, -0.2) is 9.97 Å². The first-order valence-electron chi connectivity index (χ1n) is 7.39. The van der Waals surface area contributed by atoms with Crippen molar-refractivity contribution in [3.05, 3.63) is 41.7 Å². The smallest absolute Gasteiger partial charge is 0.139 e. The number of hydrogen-bond donors (Lipinski definition) is 2. The van der Waals surface area contributed by atoms with Gasteiger partial charge in [-0.2, -0.15) is 0 Å². The van der Waals surface area contributed by atoms with Crippen LogP contribution in [0, 0.1) is 0 Å². The molecule has 0 radical (unpaired) electrons. The van der Waals surface area contributed by atoms with E-state index in [9.17, 15) is 0 Å². The van der Waals surface area contributed by atoms with Gasteiger partial charge in [0.1, 0.15) is 18.0 Å². The van der Waals surface area contributed by atoms with E-state index in [1.165, 1.54) is 11.9 Å². The summed E-state index contributed by atoms with van der Waals surface area (Å²) in [6, 6.07) is 8.32. The second kappa shape index (κ2) is 6.12. The Morgan fingerprint density at radius 3 is 2.52 bits per heavy atom. The zero-order chi connectivity index (χ0) is 15.5. The fourth-order valence-corrected chi connectivity index (χ4v) is 2.40. The van der Waals surface area contributed by atoms with Crippen LogP contribution >= 0.6 is 0 Å². The zero-order valence-electron chi connectivity index (χ0n) is 13.3. The van der Waals surface area contributed by atoms with E-state index < -0.39 is 0 Å². The third-order valence-corrected chi connectivity index (χ3v) is 3.47. The van der Waals surface area contributed by atoms with Crippen molar-refractivity contribution in [3.63, 3.8) is 0 Å². The van der Waals surface area contributed by atoms with Gasteiger partial charge >= 0.3 is 0 Å². The Morgan fingerprint density at radius 2 is 1.86 bits per heavy atom. The molecule has 0 aliphatic rings. The summed E-state index contributed by atoms with van der Waals surface area (Å²) >= 11 is 0. The molecule has 0 amide bonds. The van der Waals surface area contributed by atoms with Crippen LogP contribution in [0.15, 0.2) is 30.6 Å².